The lowest BCUT2D eigenvalue weighted by Crippen LogP contribution is -2.45. The lowest BCUT2D eigenvalue weighted by molar-refractivity contribution is -0.110. The second-order valence-corrected chi connectivity index (χ2v) is 5.43. The van der Waals surface area contributed by atoms with Crippen LogP contribution in [0.4, 0.5) is 0 Å². The molecule has 0 bridgehead atoms. The summed E-state index contributed by atoms with van der Waals surface area (Å²) in [5.41, 5.74) is 0.750. The summed E-state index contributed by atoms with van der Waals surface area (Å²) >= 11 is 0. The zero-order valence-corrected chi connectivity index (χ0v) is 11.5. The molecule has 5 rings (SSSR count). The first-order valence-electron chi connectivity index (χ1n) is 7.09. The van der Waals surface area contributed by atoms with Crippen molar-refractivity contribution in [3.8, 4) is 11.5 Å². The van der Waals surface area contributed by atoms with E-state index < -0.39 is 12.8 Å². The average molecular weight is 304 g/mol. The van der Waals surface area contributed by atoms with Crippen LogP contribution in [0.3, 0.4) is 0 Å². The van der Waals surface area contributed by atoms with Gasteiger partial charge in [-0.3, -0.25) is 19.4 Å². The summed E-state index contributed by atoms with van der Waals surface area (Å²) < 4.78 is 22.1. The van der Waals surface area contributed by atoms with E-state index in [1.54, 1.807) is 12.1 Å². The van der Waals surface area contributed by atoms with E-state index in [2.05, 4.69) is 0 Å². The van der Waals surface area contributed by atoms with Gasteiger partial charge in [-0.25, -0.2) is 0 Å². The Morgan fingerprint density at radius 2 is 1.27 bits per heavy atom. The molecule has 4 heterocycles. The van der Waals surface area contributed by atoms with E-state index in [4.69, 9.17) is 18.9 Å². The number of hydrogen-bond acceptors (Lipinski definition) is 6. The van der Waals surface area contributed by atoms with Crippen molar-refractivity contribution in [2.75, 3.05) is 26.3 Å². The van der Waals surface area contributed by atoms with Crippen LogP contribution in [0.5, 0.6) is 11.5 Å². The fraction of sp³-hybridized carbons (Fsp3) is 0.429. The smallest absolute Gasteiger partial charge is 0.286 e. The zero-order valence-electron chi connectivity index (χ0n) is 11.5. The fourth-order valence-electron chi connectivity index (χ4n) is 3.10. The quantitative estimate of drug-likeness (QED) is 0.670. The molecule has 1 aromatic carbocycles. The van der Waals surface area contributed by atoms with Crippen molar-refractivity contribution in [2.45, 2.75) is 12.8 Å². The highest BCUT2D eigenvalue weighted by Crippen LogP contribution is 2.39. The van der Waals surface area contributed by atoms with Crippen molar-refractivity contribution in [1.29, 1.82) is 0 Å². The van der Waals surface area contributed by atoms with Crippen LogP contribution in [0.1, 0.15) is 20.7 Å². The number of ether oxygens (including phenoxy) is 4. The van der Waals surface area contributed by atoms with Gasteiger partial charge < -0.3 is 18.9 Å². The van der Waals surface area contributed by atoms with E-state index in [0.29, 0.717) is 48.9 Å². The van der Waals surface area contributed by atoms with Gasteiger partial charge in [0.05, 0.1) is 37.4 Å². The molecule has 2 amide bonds. The molecule has 8 nitrogen and oxygen atoms in total. The van der Waals surface area contributed by atoms with Gasteiger partial charge in [-0.2, -0.15) is 0 Å². The van der Waals surface area contributed by atoms with E-state index in [0.717, 1.165) is 0 Å². The average Bonchev–Trinajstić information content (AvgIpc) is 3.15. The predicted octanol–water partition coefficient (Wildman–Crippen LogP) is -0.0166. The maximum atomic E-state index is 12.5. The van der Waals surface area contributed by atoms with Gasteiger partial charge in [0.1, 0.15) is 11.5 Å². The summed E-state index contributed by atoms with van der Waals surface area (Å²) in [6, 6.07) is 3.11. The minimum absolute atomic E-state index is 0.183. The third-order valence-electron chi connectivity index (χ3n) is 4.21. The molecule has 0 N–H and O–H groups in total. The zero-order chi connectivity index (χ0) is 14.8. The number of carbonyl (C=O) groups excluding carboxylic acids is 2. The van der Waals surface area contributed by atoms with Crippen LogP contribution in [-0.4, -0.2) is 60.7 Å². The number of rotatable bonds is 0. The van der Waals surface area contributed by atoms with E-state index in [1.807, 2.05) is 0 Å². The van der Waals surface area contributed by atoms with Crippen LogP contribution in [0.25, 0.3) is 0 Å². The van der Waals surface area contributed by atoms with E-state index in [9.17, 15) is 9.59 Å². The summed E-state index contributed by atoms with van der Waals surface area (Å²) in [5, 5.41) is 0. The summed E-state index contributed by atoms with van der Waals surface area (Å²) in [6.07, 6.45) is -1.42. The Morgan fingerprint density at radius 3 is 1.73 bits per heavy atom. The third kappa shape index (κ3) is 1.48. The summed E-state index contributed by atoms with van der Waals surface area (Å²) in [7, 11) is 0. The van der Waals surface area contributed by atoms with Gasteiger partial charge in [0.15, 0.2) is 0 Å². The molecule has 0 saturated carbocycles. The first-order chi connectivity index (χ1) is 10.7. The number of benzene rings is 1. The maximum Gasteiger partial charge on any atom is 0.286 e. The van der Waals surface area contributed by atoms with Crippen molar-refractivity contribution < 1.29 is 28.5 Å². The Kier molecular flexibility index (Phi) is 2.29. The predicted molar refractivity (Wildman–Crippen MR) is 69.3 cm³/mol. The van der Waals surface area contributed by atoms with Crippen molar-refractivity contribution in [1.82, 2.24) is 9.80 Å². The SMILES string of the molecule is O=C1c2cc3c(cc2OC2OCCN12)C(=O)N1CCOC1O3. The summed E-state index contributed by atoms with van der Waals surface area (Å²) in [5.74, 6) is 0.333. The first-order valence-corrected chi connectivity index (χ1v) is 7.09. The van der Waals surface area contributed by atoms with Crippen molar-refractivity contribution in [3.05, 3.63) is 23.3 Å². The maximum absolute atomic E-state index is 12.5. The number of carbonyl (C=O) groups is 2. The van der Waals surface area contributed by atoms with Gasteiger partial charge in [0.2, 0.25) is 0 Å². The number of nitrogens with zero attached hydrogens (tertiary/aromatic N) is 2. The molecular weight excluding hydrogens is 292 g/mol. The Hall–Kier alpha value is -2.32. The normalized spacial score (nSPS) is 28.5. The standard InChI is InChI=1S/C14H12N2O6/c17-11-7-5-10-8(12(18)16-2-4-20-14(16)22-10)6-9(7)21-13-15(11)1-3-19-13/h5-6,13-14H,1-4H2. The minimum atomic E-state index is -0.708. The molecule has 2 atom stereocenters. The number of hydrogen-bond donors (Lipinski definition) is 0. The molecule has 8 heteroatoms. The largest absolute Gasteiger partial charge is 0.446 e. The van der Waals surface area contributed by atoms with Gasteiger partial charge in [-0.1, -0.05) is 0 Å². The molecule has 0 radical (unpaired) electrons. The molecule has 22 heavy (non-hydrogen) atoms. The van der Waals surface area contributed by atoms with Gasteiger partial charge in [-0.05, 0) is 12.1 Å². The molecule has 4 aliphatic rings. The topological polar surface area (TPSA) is 77.5 Å². The van der Waals surface area contributed by atoms with Crippen molar-refractivity contribution in [3.63, 3.8) is 0 Å². The molecule has 4 aliphatic heterocycles. The van der Waals surface area contributed by atoms with Gasteiger partial charge in [0.25, 0.3) is 24.6 Å². The van der Waals surface area contributed by atoms with Crippen molar-refractivity contribution in [2.24, 2.45) is 0 Å². The monoisotopic (exact) mass is 304 g/mol. The lowest BCUT2D eigenvalue weighted by atomic mass is 10.0. The van der Waals surface area contributed by atoms with Gasteiger partial charge >= 0.3 is 0 Å². The highest BCUT2D eigenvalue weighted by Gasteiger charge is 2.43. The molecule has 2 fully saturated rings. The highest BCUT2D eigenvalue weighted by atomic mass is 16.7. The van der Waals surface area contributed by atoms with Crippen LogP contribution < -0.4 is 9.47 Å². The second kappa shape index (κ2) is 4.11. The van der Waals surface area contributed by atoms with Crippen LogP contribution in [0, 0.1) is 0 Å². The molecule has 0 aromatic heterocycles. The summed E-state index contributed by atoms with van der Waals surface area (Å²) in [6.45, 7) is 1.84. The van der Waals surface area contributed by atoms with Crippen molar-refractivity contribution >= 4 is 11.8 Å². The Morgan fingerprint density at radius 1 is 0.818 bits per heavy atom. The Balaban J connectivity index is 1.61. The number of amides is 2. The van der Waals surface area contributed by atoms with Crippen LogP contribution in [-0.2, 0) is 9.47 Å². The first kappa shape index (κ1) is 12.2. The van der Waals surface area contributed by atoms with Gasteiger partial charge in [-0.15, -0.1) is 0 Å². The summed E-state index contributed by atoms with van der Waals surface area (Å²) in [4.78, 5) is 28.0. The molecule has 0 aliphatic carbocycles. The second-order valence-electron chi connectivity index (χ2n) is 5.43. The van der Waals surface area contributed by atoms with Crippen LogP contribution >= 0.6 is 0 Å². The van der Waals surface area contributed by atoms with E-state index >= 15 is 0 Å². The van der Waals surface area contributed by atoms with Crippen LogP contribution in [0.15, 0.2) is 12.1 Å². The molecular formula is C14H12N2O6. The van der Waals surface area contributed by atoms with Gasteiger partial charge in [0, 0.05) is 0 Å². The minimum Gasteiger partial charge on any atom is -0.446 e. The number of fused-ring (bicyclic) bond motifs is 4. The van der Waals surface area contributed by atoms with E-state index in [-0.39, 0.29) is 11.8 Å². The lowest BCUT2D eigenvalue weighted by Gasteiger charge is -2.33. The molecule has 2 saturated heterocycles. The molecule has 2 unspecified atom stereocenters. The van der Waals surface area contributed by atoms with Crippen LogP contribution in [0.2, 0.25) is 0 Å². The molecule has 0 spiro atoms. The third-order valence-corrected chi connectivity index (χ3v) is 4.21. The fourth-order valence-corrected chi connectivity index (χ4v) is 3.10. The van der Waals surface area contributed by atoms with E-state index in [1.165, 1.54) is 9.80 Å². The molecule has 114 valence electrons. The highest BCUT2D eigenvalue weighted by molar-refractivity contribution is 6.03. The Bertz CT molecular complexity index is 645. The Labute approximate surface area is 125 Å². The molecule has 1 aromatic rings.